The summed E-state index contributed by atoms with van der Waals surface area (Å²) < 4.78 is 5.37. The molecule has 4 nitrogen and oxygen atoms in total. The molecule has 1 amide bonds. The lowest BCUT2D eigenvalue weighted by Gasteiger charge is -2.28. The fraction of sp³-hybridized carbons (Fsp3) is 0.833. The van der Waals surface area contributed by atoms with E-state index in [0.29, 0.717) is 12.0 Å². The molecular formula is C12H21N2O2-. The number of fused-ring (bicyclic) bond motifs is 1. The molecule has 2 unspecified atom stereocenters. The van der Waals surface area contributed by atoms with Crippen LogP contribution in [0.2, 0.25) is 0 Å². The topological polar surface area (TPSA) is 32.8 Å². The van der Waals surface area contributed by atoms with E-state index >= 15 is 0 Å². The highest BCUT2D eigenvalue weighted by Crippen LogP contribution is 2.31. The minimum absolute atomic E-state index is 0.185. The van der Waals surface area contributed by atoms with E-state index in [1.165, 1.54) is 0 Å². The lowest BCUT2D eigenvalue weighted by Crippen LogP contribution is -2.38. The van der Waals surface area contributed by atoms with Gasteiger partial charge in [-0.1, -0.05) is 0 Å². The van der Waals surface area contributed by atoms with Crippen molar-refractivity contribution in [3.05, 3.63) is 7.05 Å². The number of rotatable bonds is 0. The maximum absolute atomic E-state index is 11.9. The highest BCUT2D eigenvalue weighted by Gasteiger charge is 2.40. The summed E-state index contributed by atoms with van der Waals surface area (Å²) in [4.78, 5) is 15.8. The molecule has 2 aliphatic heterocycles. The van der Waals surface area contributed by atoms with Crippen molar-refractivity contribution in [1.82, 2.24) is 9.80 Å². The van der Waals surface area contributed by atoms with E-state index < -0.39 is 5.60 Å². The Kier molecular flexibility index (Phi) is 2.86. The molecule has 16 heavy (non-hydrogen) atoms. The second-order valence-electron chi connectivity index (χ2n) is 5.81. The van der Waals surface area contributed by atoms with Crippen molar-refractivity contribution >= 4 is 6.09 Å². The number of nitrogens with zero attached hydrogens (tertiary/aromatic N) is 2. The van der Waals surface area contributed by atoms with Gasteiger partial charge in [0.2, 0.25) is 0 Å². The van der Waals surface area contributed by atoms with Crippen LogP contribution in [0.5, 0.6) is 0 Å². The molecule has 2 rings (SSSR count). The smallest absolute Gasteiger partial charge is 0.410 e. The standard InChI is InChI=1S/C12H21N2O2/c1-12(2,3)16-11(15)14-7-9-5-6-13(4)10(9)8-14/h9-10H,4-8H2,1-3H3/q-1. The highest BCUT2D eigenvalue weighted by molar-refractivity contribution is 5.68. The fourth-order valence-electron chi connectivity index (χ4n) is 2.52. The number of amides is 1. The Labute approximate surface area is 97.5 Å². The third kappa shape index (κ3) is 2.32. The van der Waals surface area contributed by atoms with Crippen LogP contribution in [0.1, 0.15) is 27.2 Å². The summed E-state index contributed by atoms with van der Waals surface area (Å²) >= 11 is 0. The largest absolute Gasteiger partial charge is 0.455 e. The minimum atomic E-state index is -0.404. The Bertz CT molecular complexity index is 285. The molecule has 4 heteroatoms. The maximum atomic E-state index is 11.9. The molecule has 2 atom stereocenters. The number of likely N-dealkylation sites (tertiary alicyclic amines) is 2. The lowest BCUT2D eigenvalue weighted by molar-refractivity contribution is 0.0276. The summed E-state index contributed by atoms with van der Waals surface area (Å²) in [7, 11) is 4.00. The molecule has 2 saturated heterocycles. The summed E-state index contributed by atoms with van der Waals surface area (Å²) in [6, 6.07) is 0.438. The van der Waals surface area contributed by atoms with Crippen molar-refractivity contribution in [2.75, 3.05) is 19.6 Å². The van der Waals surface area contributed by atoms with E-state index in [2.05, 4.69) is 11.9 Å². The van der Waals surface area contributed by atoms with E-state index in [-0.39, 0.29) is 6.09 Å². The number of hydrogen-bond donors (Lipinski definition) is 0. The zero-order chi connectivity index (χ0) is 11.9. The van der Waals surface area contributed by atoms with E-state index in [9.17, 15) is 4.79 Å². The van der Waals surface area contributed by atoms with Crippen molar-refractivity contribution in [2.24, 2.45) is 5.92 Å². The molecule has 0 aromatic heterocycles. The highest BCUT2D eigenvalue weighted by atomic mass is 16.6. The monoisotopic (exact) mass is 225 g/mol. The van der Waals surface area contributed by atoms with Gasteiger partial charge in [0, 0.05) is 19.1 Å². The predicted octanol–water partition coefficient (Wildman–Crippen LogP) is 1.72. The Hall–Kier alpha value is -0.770. The summed E-state index contributed by atoms with van der Waals surface area (Å²) in [6.07, 6.45) is 0.961. The molecule has 0 radical (unpaired) electrons. The van der Waals surface area contributed by atoms with Gasteiger partial charge in [-0.25, -0.2) is 4.79 Å². The Morgan fingerprint density at radius 3 is 2.62 bits per heavy atom. The van der Waals surface area contributed by atoms with Gasteiger partial charge in [0.25, 0.3) is 0 Å². The van der Waals surface area contributed by atoms with Gasteiger partial charge in [-0.3, -0.25) is 7.05 Å². The van der Waals surface area contributed by atoms with Crippen LogP contribution in [0, 0.1) is 13.0 Å². The Morgan fingerprint density at radius 1 is 1.38 bits per heavy atom. The van der Waals surface area contributed by atoms with E-state index in [1.54, 1.807) is 0 Å². The molecule has 2 heterocycles. The van der Waals surface area contributed by atoms with Gasteiger partial charge in [0.1, 0.15) is 5.60 Å². The molecule has 0 spiro atoms. The van der Waals surface area contributed by atoms with E-state index in [1.807, 2.05) is 25.7 Å². The summed E-state index contributed by atoms with van der Waals surface area (Å²) in [5, 5.41) is 0. The third-order valence-corrected chi connectivity index (χ3v) is 3.31. The summed E-state index contributed by atoms with van der Waals surface area (Å²) in [5.41, 5.74) is -0.404. The van der Waals surface area contributed by atoms with Gasteiger partial charge in [-0.15, -0.1) is 0 Å². The second kappa shape index (κ2) is 3.91. The van der Waals surface area contributed by atoms with Gasteiger partial charge in [0.15, 0.2) is 0 Å². The predicted molar refractivity (Wildman–Crippen MR) is 61.8 cm³/mol. The van der Waals surface area contributed by atoms with Crippen LogP contribution in [-0.4, -0.2) is 47.2 Å². The van der Waals surface area contributed by atoms with Gasteiger partial charge in [-0.2, -0.15) is 0 Å². The number of ether oxygens (including phenoxy) is 1. The van der Waals surface area contributed by atoms with Gasteiger partial charge in [-0.05, 0) is 39.7 Å². The molecular weight excluding hydrogens is 204 g/mol. The Morgan fingerprint density at radius 2 is 2.06 bits per heavy atom. The number of carbonyl (C=O) groups is 1. The van der Waals surface area contributed by atoms with Crippen molar-refractivity contribution in [2.45, 2.75) is 38.8 Å². The van der Waals surface area contributed by atoms with Crippen LogP contribution in [0.15, 0.2) is 0 Å². The maximum Gasteiger partial charge on any atom is 0.410 e. The molecule has 0 bridgehead atoms. The van der Waals surface area contributed by atoms with Crippen molar-refractivity contribution in [1.29, 1.82) is 0 Å². The van der Waals surface area contributed by atoms with Gasteiger partial charge in [0.05, 0.1) is 0 Å². The Balaban J connectivity index is 1.92. The lowest BCUT2D eigenvalue weighted by atomic mass is 10.1. The molecule has 0 aliphatic carbocycles. The normalized spacial score (nSPS) is 30.6. The van der Waals surface area contributed by atoms with Crippen LogP contribution in [0.4, 0.5) is 4.79 Å². The first-order valence-electron chi connectivity index (χ1n) is 5.92. The van der Waals surface area contributed by atoms with Crippen LogP contribution >= 0.6 is 0 Å². The van der Waals surface area contributed by atoms with Crippen LogP contribution < -0.4 is 0 Å². The van der Waals surface area contributed by atoms with E-state index in [4.69, 9.17) is 4.74 Å². The van der Waals surface area contributed by atoms with Crippen LogP contribution in [0.3, 0.4) is 0 Å². The van der Waals surface area contributed by atoms with Gasteiger partial charge < -0.3 is 14.5 Å². The van der Waals surface area contributed by atoms with Crippen LogP contribution in [0.25, 0.3) is 0 Å². The van der Waals surface area contributed by atoms with Crippen molar-refractivity contribution in [3.8, 4) is 0 Å². The van der Waals surface area contributed by atoms with Crippen LogP contribution in [-0.2, 0) is 4.74 Å². The molecule has 0 aromatic carbocycles. The third-order valence-electron chi connectivity index (χ3n) is 3.31. The molecule has 2 fully saturated rings. The first-order valence-corrected chi connectivity index (χ1v) is 5.92. The summed E-state index contributed by atoms with van der Waals surface area (Å²) in [5.74, 6) is 0.588. The SMILES string of the molecule is [CH2-]N1CCC2CN(C(=O)OC(C)(C)C)CC21. The average molecular weight is 225 g/mol. The van der Waals surface area contributed by atoms with Gasteiger partial charge >= 0.3 is 6.09 Å². The quantitative estimate of drug-likeness (QED) is 0.588. The number of carbonyl (C=O) groups excluding carboxylic acids is 1. The zero-order valence-electron chi connectivity index (χ0n) is 10.4. The molecule has 2 aliphatic rings. The molecule has 0 saturated carbocycles. The summed E-state index contributed by atoms with van der Waals surface area (Å²) in [6.45, 7) is 8.34. The molecule has 92 valence electrons. The van der Waals surface area contributed by atoms with E-state index in [0.717, 1.165) is 26.1 Å². The average Bonchev–Trinajstić information content (AvgIpc) is 2.65. The minimum Gasteiger partial charge on any atom is -0.455 e. The number of hydrogen-bond acceptors (Lipinski definition) is 3. The zero-order valence-corrected chi connectivity index (χ0v) is 10.4. The fourth-order valence-corrected chi connectivity index (χ4v) is 2.52. The first-order chi connectivity index (χ1) is 7.37. The van der Waals surface area contributed by atoms with Crippen molar-refractivity contribution < 1.29 is 9.53 Å². The van der Waals surface area contributed by atoms with Crippen molar-refractivity contribution in [3.63, 3.8) is 0 Å². The second-order valence-corrected chi connectivity index (χ2v) is 5.81. The molecule has 0 aromatic rings. The molecule has 0 N–H and O–H groups in total. The first kappa shape index (κ1) is 11.7.